The first-order chi connectivity index (χ1) is 17.5. The summed E-state index contributed by atoms with van der Waals surface area (Å²) in [4.78, 5) is 28.3. The summed E-state index contributed by atoms with van der Waals surface area (Å²) in [6.45, 7) is 6.01. The third-order valence-corrected chi connectivity index (χ3v) is 5.98. The van der Waals surface area contributed by atoms with Gasteiger partial charge in [0.2, 0.25) is 0 Å². The van der Waals surface area contributed by atoms with Gasteiger partial charge >= 0.3 is 35.5 Å². The minimum absolute atomic E-state index is 0. The fourth-order valence-electron chi connectivity index (χ4n) is 4.17. The maximum absolute atomic E-state index is 13.6. The van der Waals surface area contributed by atoms with Crippen molar-refractivity contribution in [2.45, 2.75) is 71.1 Å². The second kappa shape index (κ2) is 14.5. The summed E-state index contributed by atoms with van der Waals surface area (Å²) in [5.41, 5.74) is 3.87. The van der Waals surface area contributed by atoms with Crippen molar-refractivity contribution >= 4 is 41.4 Å². The normalized spacial score (nSPS) is 12.6. The third-order valence-electron chi connectivity index (χ3n) is 5.98. The van der Waals surface area contributed by atoms with Crippen molar-refractivity contribution in [1.29, 1.82) is 0 Å². The Hall–Kier alpha value is -2.63. The number of nitrogens with zero attached hydrogens (tertiary/aromatic N) is 3. The van der Waals surface area contributed by atoms with E-state index in [2.05, 4.69) is 15.4 Å². The molecule has 0 fully saturated rings. The van der Waals surface area contributed by atoms with Crippen LogP contribution in [0.15, 0.2) is 42.6 Å². The molecule has 4 N–H and O–H groups in total. The molecule has 0 saturated carbocycles. The first-order valence-corrected chi connectivity index (χ1v) is 12.2. The van der Waals surface area contributed by atoms with Gasteiger partial charge in [0.25, 0.3) is 5.91 Å². The summed E-state index contributed by atoms with van der Waals surface area (Å²) in [6.07, 6.45) is -0.474. The Morgan fingerprint density at radius 3 is 2.34 bits per heavy atom. The number of pyridine rings is 1. The number of amides is 1. The molecule has 0 radical (unpaired) electrons. The van der Waals surface area contributed by atoms with Crippen LogP contribution in [0, 0.1) is 12.7 Å². The zero-order valence-corrected chi connectivity index (χ0v) is 21.2. The molecule has 9 nitrogen and oxygen atoms in total. The summed E-state index contributed by atoms with van der Waals surface area (Å²) in [7, 11) is 0. The van der Waals surface area contributed by atoms with Crippen molar-refractivity contribution in [3.8, 4) is 5.69 Å². The van der Waals surface area contributed by atoms with Crippen molar-refractivity contribution < 1.29 is 29.3 Å². The van der Waals surface area contributed by atoms with E-state index in [9.17, 15) is 24.2 Å². The Morgan fingerprint density at radius 2 is 1.76 bits per heavy atom. The van der Waals surface area contributed by atoms with Crippen molar-refractivity contribution in [1.82, 2.24) is 20.1 Å². The van der Waals surface area contributed by atoms with Gasteiger partial charge in [0, 0.05) is 29.7 Å². The van der Waals surface area contributed by atoms with Crippen LogP contribution in [0.5, 0.6) is 0 Å². The van der Waals surface area contributed by atoms with Gasteiger partial charge in [-0.3, -0.25) is 14.6 Å². The van der Waals surface area contributed by atoms with Crippen molar-refractivity contribution in [3.05, 3.63) is 76.6 Å². The predicted octanol–water partition coefficient (Wildman–Crippen LogP) is 2.64. The van der Waals surface area contributed by atoms with Crippen molar-refractivity contribution in [3.63, 3.8) is 0 Å². The molecule has 3 rings (SSSR count). The number of aliphatic hydroxyl groups is 2. The molecule has 0 spiro atoms. The molecule has 2 aromatic heterocycles. The van der Waals surface area contributed by atoms with Crippen LogP contribution in [-0.2, 0) is 17.8 Å². The number of halogens is 1. The minimum atomic E-state index is -1.17. The number of carboxylic acids is 1. The molecule has 0 aliphatic rings. The molecule has 2 atom stereocenters. The number of nitrogens with one attached hydrogen (secondary N) is 1. The molecule has 3 aromatic rings. The van der Waals surface area contributed by atoms with Gasteiger partial charge in [-0.15, -0.1) is 0 Å². The summed E-state index contributed by atoms with van der Waals surface area (Å²) in [5, 5.41) is 36.7. The number of aliphatic hydroxyl groups excluding tert-OH is 2. The van der Waals surface area contributed by atoms with E-state index >= 15 is 0 Å². The topological polar surface area (TPSA) is 138 Å². The van der Waals surface area contributed by atoms with E-state index in [0.717, 1.165) is 11.3 Å². The van der Waals surface area contributed by atoms with Gasteiger partial charge in [0.15, 0.2) is 5.69 Å². The van der Waals surface area contributed by atoms with Crippen LogP contribution in [0.3, 0.4) is 0 Å². The summed E-state index contributed by atoms with van der Waals surface area (Å²) in [6, 6.07) is 9.47. The molecule has 1 amide bonds. The van der Waals surface area contributed by atoms with Gasteiger partial charge in [-0.05, 0) is 68.0 Å². The number of aliphatic carboxylic acids is 1. The number of aromatic nitrogens is 3. The molecule has 2 heterocycles. The van der Waals surface area contributed by atoms with E-state index in [1.807, 2.05) is 32.9 Å². The monoisotopic (exact) mass is 536 g/mol. The second-order valence-corrected chi connectivity index (χ2v) is 9.42. The molecule has 0 unspecified atom stereocenters. The SMILES string of the molecule is Cc1ccc(CNC(=O)c2nn(-c3ccc(F)cc3)c(CC[C@@H](O)C[C@@H](O)CC(=O)O)c2C(C)C)cn1.[NaH]. The number of carbonyl (C=O) groups is 2. The number of hydrogen-bond donors (Lipinski definition) is 4. The molecule has 38 heavy (non-hydrogen) atoms. The van der Waals surface area contributed by atoms with Crippen LogP contribution in [0.2, 0.25) is 0 Å². The second-order valence-electron chi connectivity index (χ2n) is 9.42. The molecular weight excluding hydrogens is 502 g/mol. The Kier molecular flexibility index (Phi) is 12.1. The number of carboxylic acid groups (broad SMARTS) is 1. The maximum atomic E-state index is 13.6. The third kappa shape index (κ3) is 8.71. The number of carbonyl (C=O) groups excluding carboxylic acids is 1. The van der Waals surface area contributed by atoms with Crippen molar-refractivity contribution in [2.24, 2.45) is 0 Å². The van der Waals surface area contributed by atoms with Crippen LogP contribution >= 0.6 is 0 Å². The predicted molar refractivity (Wildman–Crippen MR) is 142 cm³/mol. The first-order valence-electron chi connectivity index (χ1n) is 12.2. The summed E-state index contributed by atoms with van der Waals surface area (Å²) < 4.78 is 15.2. The van der Waals surface area contributed by atoms with E-state index in [0.29, 0.717) is 23.4 Å². The standard InChI is InChI=1S/C27H33FN4O5.Na.H/c1-16(2)25-23(11-10-21(33)12-22(34)13-24(35)36)32(20-8-6-19(28)7-9-20)31-26(25)27(37)30-15-18-5-4-17(3)29-14-18;;/h4-9,14,16,21-22,33-34H,10-13,15H2,1-3H3,(H,30,37)(H,35,36);;/t21-,22-;;/m1../s1. The molecule has 0 aliphatic heterocycles. The molecule has 200 valence electrons. The fraction of sp³-hybridized carbons (Fsp3) is 0.407. The quantitative estimate of drug-likeness (QED) is 0.261. The van der Waals surface area contributed by atoms with Crippen LogP contribution < -0.4 is 5.32 Å². The van der Waals surface area contributed by atoms with Gasteiger partial charge in [-0.25, -0.2) is 9.07 Å². The molecule has 0 aliphatic carbocycles. The Balaban J connectivity index is 0.00000507. The molecule has 0 bridgehead atoms. The zero-order chi connectivity index (χ0) is 27.1. The number of benzene rings is 1. The Bertz CT molecular complexity index is 1220. The van der Waals surface area contributed by atoms with Gasteiger partial charge in [-0.2, -0.15) is 5.10 Å². The van der Waals surface area contributed by atoms with E-state index < -0.39 is 30.4 Å². The van der Waals surface area contributed by atoms with Gasteiger partial charge < -0.3 is 20.6 Å². The van der Waals surface area contributed by atoms with Gasteiger partial charge in [0.1, 0.15) is 5.82 Å². The van der Waals surface area contributed by atoms with E-state index in [1.54, 1.807) is 23.0 Å². The number of hydrogen-bond acceptors (Lipinski definition) is 6. The van der Waals surface area contributed by atoms with Crippen molar-refractivity contribution in [2.75, 3.05) is 0 Å². The first kappa shape index (κ1) is 31.6. The van der Waals surface area contributed by atoms with Gasteiger partial charge in [-0.1, -0.05) is 19.9 Å². The average Bonchev–Trinajstić information content (AvgIpc) is 3.22. The van der Waals surface area contributed by atoms with Crippen LogP contribution in [0.1, 0.15) is 72.0 Å². The summed E-state index contributed by atoms with van der Waals surface area (Å²) >= 11 is 0. The van der Waals surface area contributed by atoms with E-state index in [1.165, 1.54) is 12.1 Å². The molecule has 0 saturated heterocycles. The molecular formula is C27H34FN4NaO5. The average molecular weight is 537 g/mol. The summed E-state index contributed by atoms with van der Waals surface area (Å²) in [5.74, 6) is -2.02. The Morgan fingerprint density at radius 1 is 1.08 bits per heavy atom. The van der Waals surface area contributed by atoms with Crippen LogP contribution in [-0.4, -0.2) is 83.7 Å². The Labute approximate surface area is 243 Å². The van der Waals surface area contributed by atoms with Crippen LogP contribution in [0.4, 0.5) is 4.39 Å². The van der Waals surface area contributed by atoms with E-state index in [-0.39, 0.29) is 66.5 Å². The molecule has 11 heteroatoms. The number of aryl methyl sites for hydroxylation is 1. The molecule has 1 aromatic carbocycles. The number of rotatable bonds is 12. The van der Waals surface area contributed by atoms with E-state index in [4.69, 9.17) is 5.11 Å². The fourth-order valence-corrected chi connectivity index (χ4v) is 4.17. The zero-order valence-electron chi connectivity index (χ0n) is 21.2. The van der Waals surface area contributed by atoms with Crippen LogP contribution in [0.25, 0.3) is 5.69 Å². The van der Waals surface area contributed by atoms with Gasteiger partial charge in [0.05, 0.1) is 24.3 Å².